The lowest BCUT2D eigenvalue weighted by Crippen LogP contribution is -2.29. The number of carbonyl (C=O) groups excluding carboxylic acids is 1. The van der Waals surface area contributed by atoms with Gasteiger partial charge in [0.05, 0.1) is 33.8 Å². The van der Waals surface area contributed by atoms with Gasteiger partial charge in [-0.05, 0) is 24.6 Å². The predicted molar refractivity (Wildman–Crippen MR) is 130 cm³/mol. The molecule has 0 saturated carbocycles. The van der Waals surface area contributed by atoms with Crippen LogP contribution in [0.2, 0.25) is 0 Å². The van der Waals surface area contributed by atoms with Gasteiger partial charge in [-0.15, -0.1) is 0 Å². The number of ketones is 1. The summed E-state index contributed by atoms with van der Waals surface area (Å²) in [5.74, 6) is -3.24. The van der Waals surface area contributed by atoms with E-state index in [1.54, 1.807) is 24.7 Å². The van der Waals surface area contributed by atoms with Crippen molar-refractivity contribution in [3.63, 3.8) is 0 Å². The molecule has 12 heteroatoms. The smallest absolute Gasteiger partial charge is 0.305 e. The fourth-order valence-corrected chi connectivity index (χ4v) is 4.36. The number of benzene rings is 1. The molecule has 0 saturated heterocycles. The summed E-state index contributed by atoms with van der Waals surface area (Å²) >= 11 is 0. The average molecular weight is 519 g/mol. The zero-order chi connectivity index (χ0) is 26.8. The number of Topliss-reactive ketones (excluding diaryl/α,β-unsaturated/α-hetero) is 1. The van der Waals surface area contributed by atoms with Crippen LogP contribution in [0.25, 0.3) is 5.57 Å². The molecule has 1 aromatic carbocycles. The molecule has 0 atom stereocenters. The number of aliphatic hydroxyl groups excluding tert-OH is 2. The van der Waals surface area contributed by atoms with Crippen molar-refractivity contribution in [3.8, 4) is 5.75 Å². The van der Waals surface area contributed by atoms with Crippen LogP contribution in [0.3, 0.4) is 0 Å². The molecule has 4 N–H and O–H groups in total. The number of hydrogen-bond acceptors (Lipinski definition) is 9. The molecule has 0 radical (unpaired) electrons. The van der Waals surface area contributed by atoms with Crippen LogP contribution in [0, 0.1) is 0 Å². The van der Waals surface area contributed by atoms with Crippen LogP contribution in [0.15, 0.2) is 59.1 Å². The molecule has 11 nitrogen and oxygen atoms in total. The molecular formula is C24H26N2O9S. The fraction of sp³-hybridized carbons (Fsp3) is 0.292. The van der Waals surface area contributed by atoms with Crippen molar-refractivity contribution in [1.29, 1.82) is 0 Å². The van der Waals surface area contributed by atoms with E-state index in [4.69, 9.17) is 5.11 Å². The first kappa shape index (κ1) is 26.7. The maximum absolute atomic E-state index is 12.9. The maximum atomic E-state index is 12.9. The average Bonchev–Trinajstić information content (AvgIpc) is 2.77. The van der Waals surface area contributed by atoms with E-state index in [0.29, 0.717) is 11.4 Å². The normalized spacial score (nSPS) is 17.7. The minimum absolute atomic E-state index is 0.0138. The molecule has 2 aliphatic rings. The van der Waals surface area contributed by atoms with Crippen LogP contribution in [0.5, 0.6) is 5.75 Å². The summed E-state index contributed by atoms with van der Waals surface area (Å²) in [5, 5.41) is 40.6. The lowest BCUT2D eigenvalue weighted by Gasteiger charge is -2.27. The Morgan fingerprint density at radius 2 is 1.78 bits per heavy atom. The molecule has 0 aromatic heterocycles. The number of hydrogen-bond donors (Lipinski definition) is 4. The van der Waals surface area contributed by atoms with Crippen LogP contribution in [0.1, 0.15) is 18.4 Å². The van der Waals surface area contributed by atoms with Crippen LogP contribution in [-0.2, 0) is 19.7 Å². The quantitative estimate of drug-likeness (QED) is 0.213. The Kier molecular flexibility index (Phi) is 7.70. The van der Waals surface area contributed by atoms with Gasteiger partial charge in [-0.2, -0.15) is 0 Å². The number of carboxylic acids is 1. The first-order valence-corrected chi connectivity index (χ1v) is 12.5. The van der Waals surface area contributed by atoms with Crippen LogP contribution >= 0.6 is 0 Å². The van der Waals surface area contributed by atoms with Crippen molar-refractivity contribution < 1.29 is 47.6 Å². The summed E-state index contributed by atoms with van der Waals surface area (Å²) in [6.07, 6.45) is 4.32. The van der Waals surface area contributed by atoms with E-state index in [1.165, 1.54) is 35.3 Å². The molecule has 0 amide bonds. The Balaban J connectivity index is 1.91. The van der Waals surface area contributed by atoms with Gasteiger partial charge in [-0.25, -0.2) is 13.0 Å². The van der Waals surface area contributed by atoms with Crippen LogP contribution < -0.4 is 4.90 Å². The molecule has 0 bridgehead atoms. The standard InChI is InChI=1S/C24H26N2O9S/c1-25(2)14-4-6-16(18(27)12-14)21-23(31)22(24(21)32)17-7-5-15(13-19(17)28)26(10-8-20(29)30)9-3-11-36(33,34)35/h4-7,12-13H,3,8-11H2,1-2H3,(H4,27,28,29,30,31,32,33,34,35). The van der Waals surface area contributed by atoms with Crippen molar-refractivity contribution >= 4 is 38.8 Å². The highest BCUT2D eigenvalue weighted by Gasteiger charge is 2.39. The molecular weight excluding hydrogens is 492 g/mol. The Morgan fingerprint density at radius 3 is 2.31 bits per heavy atom. The zero-order valence-corrected chi connectivity index (χ0v) is 20.4. The Hall–Kier alpha value is -3.90. The SMILES string of the molecule is C[N+](C)=C1C=C/C(=C2\C(=O)C(c3ccc(N(CCCS(=O)(=O)[O-])CCC(=O)O)cc3O)=C2O)C(O)=C1. The number of phenolic OH excluding ortho intramolecular Hbond substituents is 1. The number of nitrogens with zero attached hydrogens (tertiary/aromatic N) is 2. The van der Waals surface area contributed by atoms with Crippen LogP contribution in [-0.4, -0.2) is 88.4 Å². The third-order valence-corrected chi connectivity index (χ3v) is 6.52. The number of allylic oxidation sites excluding steroid dienone is 5. The molecule has 0 unspecified atom stereocenters. The Labute approximate surface area is 207 Å². The highest BCUT2D eigenvalue weighted by Crippen LogP contribution is 2.43. The number of anilines is 1. The van der Waals surface area contributed by atoms with Gasteiger partial charge in [-0.1, -0.05) is 0 Å². The molecule has 192 valence electrons. The molecule has 36 heavy (non-hydrogen) atoms. The first-order valence-electron chi connectivity index (χ1n) is 10.9. The van der Waals surface area contributed by atoms with Gasteiger partial charge in [0.1, 0.15) is 31.4 Å². The van der Waals surface area contributed by atoms with E-state index in [2.05, 4.69) is 0 Å². The first-order chi connectivity index (χ1) is 16.8. The predicted octanol–water partition coefficient (Wildman–Crippen LogP) is 1.48. The molecule has 0 heterocycles. The van der Waals surface area contributed by atoms with E-state index < -0.39 is 27.6 Å². The third-order valence-electron chi connectivity index (χ3n) is 5.73. The summed E-state index contributed by atoms with van der Waals surface area (Å²) in [6.45, 7) is 0.0284. The maximum Gasteiger partial charge on any atom is 0.305 e. The second-order valence-electron chi connectivity index (χ2n) is 8.47. The molecule has 3 rings (SSSR count). The van der Waals surface area contributed by atoms with E-state index in [-0.39, 0.29) is 65.5 Å². The van der Waals surface area contributed by atoms with Gasteiger partial charge in [-0.3, -0.25) is 9.59 Å². The monoisotopic (exact) mass is 518 g/mol. The highest BCUT2D eigenvalue weighted by atomic mass is 32.2. The number of aromatic hydroxyl groups is 1. The summed E-state index contributed by atoms with van der Waals surface area (Å²) < 4.78 is 34.5. The lowest BCUT2D eigenvalue weighted by molar-refractivity contribution is -0.462. The van der Waals surface area contributed by atoms with E-state index in [9.17, 15) is 37.9 Å². The summed E-state index contributed by atoms with van der Waals surface area (Å²) in [6, 6.07) is 4.12. The van der Waals surface area contributed by atoms with Gasteiger partial charge in [0.2, 0.25) is 11.5 Å². The summed E-state index contributed by atoms with van der Waals surface area (Å²) in [7, 11) is -0.873. The topological polar surface area (TPSA) is 179 Å². The minimum Gasteiger partial charge on any atom is -0.748 e. The van der Waals surface area contributed by atoms with Gasteiger partial charge in [0.25, 0.3) is 0 Å². The molecule has 0 spiro atoms. The molecule has 0 aliphatic heterocycles. The second kappa shape index (κ2) is 10.4. The zero-order valence-electron chi connectivity index (χ0n) is 19.6. The Morgan fingerprint density at radius 1 is 1.08 bits per heavy atom. The number of aliphatic carboxylic acids is 1. The highest BCUT2D eigenvalue weighted by molar-refractivity contribution is 7.85. The van der Waals surface area contributed by atoms with E-state index in [1.807, 2.05) is 0 Å². The van der Waals surface area contributed by atoms with Crippen molar-refractivity contribution in [3.05, 3.63) is 64.7 Å². The lowest BCUT2D eigenvalue weighted by atomic mass is 9.79. The Bertz CT molecular complexity index is 1380. The molecule has 1 aromatic rings. The molecule has 2 aliphatic carbocycles. The number of phenols is 1. The summed E-state index contributed by atoms with van der Waals surface area (Å²) in [5.41, 5.74) is 0.998. The van der Waals surface area contributed by atoms with Crippen molar-refractivity contribution in [2.45, 2.75) is 12.8 Å². The summed E-state index contributed by atoms with van der Waals surface area (Å²) in [4.78, 5) is 25.4. The van der Waals surface area contributed by atoms with Crippen molar-refractivity contribution in [1.82, 2.24) is 0 Å². The van der Waals surface area contributed by atoms with Crippen molar-refractivity contribution in [2.24, 2.45) is 0 Å². The largest absolute Gasteiger partial charge is 0.748 e. The van der Waals surface area contributed by atoms with Gasteiger partial charge in [0.15, 0.2) is 0 Å². The van der Waals surface area contributed by atoms with Crippen LogP contribution in [0.4, 0.5) is 5.69 Å². The van der Waals surface area contributed by atoms with Gasteiger partial charge in [0, 0.05) is 47.8 Å². The number of carboxylic acid groups (broad SMARTS) is 1. The molecule has 0 fully saturated rings. The number of aliphatic hydroxyl groups is 2. The fourth-order valence-electron chi connectivity index (χ4n) is 3.87. The minimum atomic E-state index is -4.44. The number of rotatable bonds is 9. The second-order valence-corrected chi connectivity index (χ2v) is 9.99. The third kappa shape index (κ3) is 5.83. The van der Waals surface area contributed by atoms with Crippen molar-refractivity contribution in [2.75, 3.05) is 37.8 Å². The van der Waals surface area contributed by atoms with Gasteiger partial charge >= 0.3 is 5.97 Å². The number of carbonyl (C=O) groups is 2. The van der Waals surface area contributed by atoms with E-state index in [0.717, 1.165) is 0 Å². The van der Waals surface area contributed by atoms with E-state index >= 15 is 0 Å². The van der Waals surface area contributed by atoms with Gasteiger partial charge < -0.3 is 29.9 Å².